The summed E-state index contributed by atoms with van der Waals surface area (Å²) in [5, 5.41) is 8.98. The van der Waals surface area contributed by atoms with E-state index in [-0.39, 0.29) is 22.1 Å². The van der Waals surface area contributed by atoms with E-state index in [1.54, 1.807) is 30.0 Å². The Labute approximate surface area is 210 Å². The number of anilines is 1. The largest absolute Gasteiger partial charge is 0.366 e. The number of amides is 2. The normalized spacial score (nSPS) is 14.2. The highest BCUT2D eigenvalue weighted by atomic mass is 32.2. The van der Waals surface area contributed by atoms with Crippen LogP contribution in [0.3, 0.4) is 0 Å². The van der Waals surface area contributed by atoms with E-state index in [1.807, 2.05) is 24.3 Å². The number of sulfonamides is 1. The fraction of sp³-hybridized carbons (Fsp3) is 0.222. The van der Waals surface area contributed by atoms with E-state index in [9.17, 15) is 18.0 Å². The van der Waals surface area contributed by atoms with Crippen LogP contribution in [0.1, 0.15) is 56.2 Å². The van der Waals surface area contributed by atoms with Crippen molar-refractivity contribution in [1.82, 2.24) is 4.90 Å². The lowest BCUT2D eigenvalue weighted by molar-refractivity contribution is 0.0713. The zero-order valence-electron chi connectivity index (χ0n) is 19.8. The van der Waals surface area contributed by atoms with Gasteiger partial charge >= 0.3 is 0 Å². The number of benzene rings is 3. The predicted molar refractivity (Wildman–Crippen MR) is 136 cm³/mol. The lowest BCUT2D eigenvalue weighted by Gasteiger charge is -2.32. The quantitative estimate of drug-likeness (QED) is 0.529. The maximum absolute atomic E-state index is 13.2. The second-order valence-corrected chi connectivity index (χ2v) is 10.5. The van der Waals surface area contributed by atoms with E-state index in [2.05, 4.69) is 10.8 Å². The lowest BCUT2D eigenvalue weighted by Crippen LogP contribution is -2.38. The molecule has 0 spiro atoms. The average Bonchev–Trinajstić information content (AvgIpc) is 2.89. The minimum Gasteiger partial charge on any atom is -0.366 e. The van der Waals surface area contributed by atoms with Gasteiger partial charge in [-0.1, -0.05) is 24.3 Å². The number of piperidine rings is 1. The number of nitrogens with zero attached hydrogens (tertiary/aromatic N) is 2. The van der Waals surface area contributed by atoms with Gasteiger partial charge in [0.2, 0.25) is 5.91 Å². The Balaban J connectivity index is 1.47. The Kier molecular flexibility index (Phi) is 7.08. The van der Waals surface area contributed by atoms with Crippen molar-refractivity contribution in [2.45, 2.75) is 30.6 Å². The fourth-order valence-electron chi connectivity index (χ4n) is 4.31. The molecule has 36 heavy (non-hydrogen) atoms. The number of nitriles is 1. The van der Waals surface area contributed by atoms with Crippen molar-refractivity contribution < 1.29 is 18.0 Å². The molecule has 0 saturated carbocycles. The van der Waals surface area contributed by atoms with Gasteiger partial charge in [-0.2, -0.15) is 5.26 Å². The fourth-order valence-corrected chi connectivity index (χ4v) is 5.48. The van der Waals surface area contributed by atoms with E-state index >= 15 is 0 Å². The second kappa shape index (κ2) is 10.2. The Hall–Kier alpha value is -4.16. The van der Waals surface area contributed by atoms with Crippen molar-refractivity contribution in [3.05, 3.63) is 94.5 Å². The summed E-state index contributed by atoms with van der Waals surface area (Å²) in [5.41, 5.74) is 8.47. The van der Waals surface area contributed by atoms with E-state index in [4.69, 9.17) is 11.0 Å². The van der Waals surface area contributed by atoms with Gasteiger partial charge in [0.1, 0.15) is 0 Å². The van der Waals surface area contributed by atoms with E-state index in [0.29, 0.717) is 35.7 Å². The van der Waals surface area contributed by atoms with Crippen LogP contribution in [0.25, 0.3) is 0 Å². The topological polar surface area (TPSA) is 133 Å². The van der Waals surface area contributed by atoms with E-state index in [0.717, 1.165) is 18.4 Å². The number of hydrogen-bond acceptors (Lipinski definition) is 5. The first kappa shape index (κ1) is 24.9. The van der Waals surface area contributed by atoms with Crippen LogP contribution in [0.2, 0.25) is 0 Å². The third kappa shape index (κ3) is 5.39. The molecule has 184 valence electrons. The van der Waals surface area contributed by atoms with Gasteiger partial charge in [0, 0.05) is 24.2 Å². The molecule has 1 aliphatic rings. The number of nitrogens with one attached hydrogen (secondary N) is 1. The number of carbonyl (C=O) groups excluding carboxylic acids is 2. The van der Waals surface area contributed by atoms with Crippen molar-refractivity contribution in [2.24, 2.45) is 5.73 Å². The summed E-state index contributed by atoms with van der Waals surface area (Å²) in [6.07, 6.45) is 1.61. The summed E-state index contributed by atoms with van der Waals surface area (Å²) in [7, 11) is -4.00. The Morgan fingerprint density at radius 2 is 1.69 bits per heavy atom. The molecule has 0 aliphatic carbocycles. The molecule has 2 amide bonds. The summed E-state index contributed by atoms with van der Waals surface area (Å²) in [4.78, 5) is 26.3. The van der Waals surface area contributed by atoms with Crippen LogP contribution in [0.5, 0.6) is 0 Å². The van der Waals surface area contributed by atoms with Crippen LogP contribution in [-0.4, -0.2) is 38.2 Å². The molecule has 0 radical (unpaired) electrons. The molecule has 0 atom stereocenters. The highest BCUT2D eigenvalue weighted by Gasteiger charge is 2.25. The number of carbonyl (C=O) groups is 2. The van der Waals surface area contributed by atoms with Gasteiger partial charge in [0.15, 0.2) is 0 Å². The van der Waals surface area contributed by atoms with Crippen LogP contribution < -0.4 is 10.5 Å². The Morgan fingerprint density at radius 3 is 2.33 bits per heavy atom. The number of nitrogens with two attached hydrogens (primary N) is 1. The molecule has 0 unspecified atom stereocenters. The monoisotopic (exact) mass is 502 g/mol. The summed E-state index contributed by atoms with van der Waals surface area (Å²) in [6, 6.07) is 20.1. The average molecular weight is 503 g/mol. The van der Waals surface area contributed by atoms with Gasteiger partial charge in [0.05, 0.1) is 22.2 Å². The molecule has 1 saturated heterocycles. The molecule has 4 rings (SSSR count). The number of hydrogen-bond donors (Lipinski definition) is 2. The maximum atomic E-state index is 13.2. The van der Waals surface area contributed by atoms with Gasteiger partial charge in [-0.15, -0.1) is 0 Å². The molecule has 1 fully saturated rings. The zero-order valence-corrected chi connectivity index (χ0v) is 20.6. The van der Waals surface area contributed by atoms with Crippen molar-refractivity contribution in [2.75, 3.05) is 17.8 Å². The van der Waals surface area contributed by atoms with Crippen LogP contribution in [-0.2, 0) is 10.0 Å². The predicted octanol–water partition coefficient (Wildman–Crippen LogP) is 3.79. The smallest absolute Gasteiger partial charge is 0.261 e. The first-order valence-corrected chi connectivity index (χ1v) is 13.0. The van der Waals surface area contributed by atoms with Crippen molar-refractivity contribution >= 4 is 27.5 Å². The van der Waals surface area contributed by atoms with Crippen LogP contribution >= 0.6 is 0 Å². The summed E-state index contributed by atoms with van der Waals surface area (Å²) in [5.74, 6) is -0.568. The van der Waals surface area contributed by atoms with Gasteiger partial charge in [-0.25, -0.2) is 8.42 Å². The van der Waals surface area contributed by atoms with Crippen LogP contribution in [0.15, 0.2) is 71.6 Å². The molecule has 1 heterocycles. The molecule has 3 N–H and O–H groups in total. The molecule has 0 aromatic heterocycles. The summed E-state index contributed by atoms with van der Waals surface area (Å²) in [6.45, 7) is 2.91. The van der Waals surface area contributed by atoms with Gasteiger partial charge < -0.3 is 10.6 Å². The zero-order chi connectivity index (χ0) is 25.9. The minimum absolute atomic E-state index is 0.0861. The molecule has 9 heteroatoms. The molecule has 3 aromatic rings. The minimum atomic E-state index is -4.00. The SMILES string of the molecule is Cc1ccc(C(=O)N2CCC(c3ccc(C#N)cc3)CC2)cc1NS(=O)(=O)c1cccc(C(N)=O)c1. The van der Waals surface area contributed by atoms with Crippen LogP contribution in [0, 0.1) is 18.3 Å². The highest BCUT2D eigenvalue weighted by Crippen LogP contribution is 2.29. The third-order valence-corrected chi connectivity index (χ3v) is 7.81. The molecular formula is C27H26N4O4S. The summed E-state index contributed by atoms with van der Waals surface area (Å²) < 4.78 is 28.4. The molecular weight excluding hydrogens is 476 g/mol. The van der Waals surface area contributed by atoms with Gasteiger partial charge in [0.25, 0.3) is 15.9 Å². The highest BCUT2D eigenvalue weighted by molar-refractivity contribution is 7.92. The molecule has 1 aliphatic heterocycles. The first-order chi connectivity index (χ1) is 17.2. The summed E-state index contributed by atoms with van der Waals surface area (Å²) >= 11 is 0. The van der Waals surface area contributed by atoms with Gasteiger partial charge in [-0.3, -0.25) is 14.3 Å². The van der Waals surface area contributed by atoms with Crippen LogP contribution in [0.4, 0.5) is 5.69 Å². The van der Waals surface area contributed by atoms with E-state index < -0.39 is 15.9 Å². The van der Waals surface area contributed by atoms with Gasteiger partial charge in [-0.05, 0) is 79.3 Å². The first-order valence-electron chi connectivity index (χ1n) is 11.5. The number of likely N-dealkylation sites (tertiary alicyclic amines) is 1. The number of aryl methyl sites for hydroxylation is 1. The standard InChI is InChI=1S/C27H26N4O4S/c1-18-5-8-23(16-25(18)30-36(34,35)24-4-2-3-22(15-24)26(29)32)27(33)31-13-11-21(12-14-31)20-9-6-19(17-28)7-10-20/h2-10,15-16,21,30H,11-14H2,1H3,(H2,29,32). The third-order valence-electron chi connectivity index (χ3n) is 6.45. The number of rotatable bonds is 6. The molecule has 0 bridgehead atoms. The molecule has 8 nitrogen and oxygen atoms in total. The van der Waals surface area contributed by atoms with Crippen molar-refractivity contribution in [1.29, 1.82) is 5.26 Å². The Bertz CT molecular complexity index is 1450. The lowest BCUT2D eigenvalue weighted by atomic mass is 9.89. The Morgan fingerprint density at radius 1 is 1.00 bits per heavy atom. The van der Waals surface area contributed by atoms with E-state index in [1.165, 1.54) is 24.3 Å². The maximum Gasteiger partial charge on any atom is 0.261 e. The molecule has 3 aromatic carbocycles. The number of primary amides is 1. The van der Waals surface area contributed by atoms with Crippen molar-refractivity contribution in [3.63, 3.8) is 0 Å². The second-order valence-electron chi connectivity index (χ2n) is 8.83. The van der Waals surface area contributed by atoms with Crippen molar-refractivity contribution in [3.8, 4) is 6.07 Å².